The lowest BCUT2D eigenvalue weighted by Crippen LogP contribution is -2.33. The van der Waals surface area contributed by atoms with Gasteiger partial charge in [-0.3, -0.25) is 9.59 Å². The van der Waals surface area contributed by atoms with Gasteiger partial charge in [-0.05, 0) is 25.7 Å². The quantitative estimate of drug-likeness (QED) is 0.503. The van der Waals surface area contributed by atoms with E-state index in [1.165, 1.54) is 6.92 Å². The number of hydrogen-bond acceptors (Lipinski definition) is 4. The Bertz CT molecular complexity index is 319. The maximum Gasteiger partial charge on any atom is 0.233 e. The fourth-order valence-corrected chi connectivity index (χ4v) is 2.48. The van der Waals surface area contributed by atoms with Crippen LogP contribution in [0.15, 0.2) is 0 Å². The Morgan fingerprint density at radius 2 is 2.11 bits per heavy atom. The molecule has 104 valence electrons. The van der Waals surface area contributed by atoms with Crippen molar-refractivity contribution >= 4 is 24.3 Å². The van der Waals surface area contributed by atoms with Crippen LogP contribution >= 0.6 is 12.6 Å². The summed E-state index contributed by atoms with van der Waals surface area (Å²) >= 11 is 4.49. The molecule has 1 aliphatic rings. The molecule has 0 radical (unpaired) electrons. The number of carbonyl (C=O) groups is 2. The van der Waals surface area contributed by atoms with Crippen LogP contribution in [0.5, 0.6) is 0 Å². The number of aliphatic hydroxyl groups is 1. The summed E-state index contributed by atoms with van der Waals surface area (Å²) in [5.74, 6) is -0.976. The SMILES string of the molecule is CC(=O)C1C(=O)NC(CCCC(S)C(C)C)C1O. The number of aliphatic hydroxyl groups excluding tert-OH is 1. The molecular weight excluding hydrogens is 250 g/mol. The fraction of sp³-hybridized carbons (Fsp3) is 0.846. The van der Waals surface area contributed by atoms with Gasteiger partial charge in [0.2, 0.25) is 5.91 Å². The molecule has 0 aromatic heterocycles. The van der Waals surface area contributed by atoms with Gasteiger partial charge in [0.15, 0.2) is 0 Å². The van der Waals surface area contributed by atoms with Crippen LogP contribution in [0.3, 0.4) is 0 Å². The van der Waals surface area contributed by atoms with E-state index in [0.717, 1.165) is 12.8 Å². The molecule has 1 saturated heterocycles. The lowest BCUT2D eigenvalue weighted by atomic mass is 9.94. The minimum absolute atomic E-state index is 0.267. The predicted molar refractivity (Wildman–Crippen MR) is 73.6 cm³/mol. The van der Waals surface area contributed by atoms with Gasteiger partial charge in [0.25, 0.3) is 0 Å². The van der Waals surface area contributed by atoms with Crippen LogP contribution in [0.25, 0.3) is 0 Å². The van der Waals surface area contributed by atoms with E-state index in [4.69, 9.17) is 0 Å². The third-order valence-corrected chi connectivity index (χ3v) is 4.44. The number of carbonyl (C=O) groups excluding carboxylic acids is 2. The number of thiol groups is 1. The molecule has 4 atom stereocenters. The molecule has 0 aliphatic carbocycles. The number of rotatable bonds is 6. The standard InChI is InChI=1S/C13H23NO3S/c1-7(2)10(18)6-4-5-9-12(16)11(8(3)15)13(17)14-9/h7,9-12,16,18H,4-6H2,1-3H3,(H,14,17). The molecule has 0 saturated carbocycles. The molecule has 1 aliphatic heterocycles. The molecule has 4 nitrogen and oxygen atoms in total. The maximum absolute atomic E-state index is 11.5. The van der Waals surface area contributed by atoms with Gasteiger partial charge in [-0.25, -0.2) is 0 Å². The second kappa shape index (κ2) is 6.57. The third-order valence-electron chi connectivity index (χ3n) is 3.59. The van der Waals surface area contributed by atoms with Gasteiger partial charge in [0, 0.05) is 5.25 Å². The lowest BCUT2D eigenvalue weighted by Gasteiger charge is -2.18. The highest BCUT2D eigenvalue weighted by atomic mass is 32.1. The van der Waals surface area contributed by atoms with E-state index in [1.54, 1.807) is 0 Å². The average Bonchev–Trinajstić information content (AvgIpc) is 2.53. The number of nitrogens with one attached hydrogen (secondary N) is 1. The van der Waals surface area contributed by atoms with E-state index in [1.807, 2.05) is 0 Å². The van der Waals surface area contributed by atoms with E-state index in [2.05, 4.69) is 31.8 Å². The summed E-state index contributed by atoms with van der Waals surface area (Å²) in [6, 6.07) is -0.293. The summed E-state index contributed by atoms with van der Waals surface area (Å²) in [6.45, 7) is 5.59. The van der Waals surface area contributed by atoms with Crippen LogP contribution in [0.4, 0.5) is 0 Å². The Kier molecular flexibility index (Phi) is 5.66. The van der Waals surface area contributed by atoms with E-state index in [-0.39, 0.29) is 17.7 Å². The second-order valence-corrected chi connectivity index (χ2v) is 6.10. The molecule has 0 aromatic rings. The van der Waals surface area contributed by atoms with Gasteiger partial charge in [-0.15, -0.1) is 0 Å². The van der Waals surface area contributed by atoms with Crippen molar-refractivity contribution in [3.63, 3.8) is 0 Å². The zero-order valence-electron chi connectivity index (χ0n) is 11.2. The third kappa shape index (κ3) is 3.72. The summed E-state index contributed by atoms with van der Waals surface area (Å²) in [4.78, 5) is 22.8. The molecule has 1 rings (SSSR count). The molecular formula is C13H23NO3S. The highest BCUT2D eigenvalue weighted by Gasteiger charge is 2.43. The first-order valence-corrected chi connectivity index (χ1v) is 7.03. The minimum atomic E-state index is -0.883. The van der Waals surface area contributed by atoms with Gasteiger partial charge >= 0.3 is 0 Å². The largest absolute Gasteiger partial charge is 0.390 e. The van der Waals surface area contributed by atoms with E-state index in [9.17, 15) is 14.7 Å². The normalized spacial score (nSPS) is 29.4. The van der Waals surface area contributed by atoms with Crippen LogP contribution in [-0.2, 0) is 9.59 Å². The molecule has 0 spiro atoms. The predicted octanol–water partition coefficient (Wildman–Crippen LogP) is 1.18. The molecule has 4 unspecified atom stereocenters. The summed E-state index contributed by atoms with van der Waals surface area (Å²) in [7, 11) is 0. The van der Waals surface area contributed by atoms with E-state index < -0.39 is 12.0 Å². The number of ketones is 1. The summed E-state index contributed by atoms with van der Waals surface area (Å²) < 4.78 is 0. The van der Waals surface area contributed by atoms with Crippen molar-refractivity contribution in [2.24, 2.45) is 11.8 Å². The Hall–Kier alpha value is -0.550. The Morgan fingerprint density at radius 1 is 1.50 bits per heavy atom. The summed E-state index contributed by atoms with van der Waals surface area (Å²) in [5, 5.41) is 13.0. The Morgan fingerprint density at radius 3 is 2.56 bits per heavy atom. The summed E-state index contributed by atoms with van der Waals surface area (Å²) in [5.41, 5.74) is 0. The second-order valence-electron chi connectivity index (χ2n) is 5.44. The highest BCUT2D eigenvalue weighted by molar-refractivity contribution is 7.81. The van der Waals surface area contributed by atoms with Gasteiger partial charge < -0.3 is 10.4 Å². The zero-order chi connectivity index (χ0) is 13.9. The van der Waals surface area contributed by atoms with Crippen molar-refractivity contribution in [3.05, 3.63) is 0 Å². The maximum atomic E-state index is 11.5. The van der Waals surface area contributed by atoms with Crippen molar-refractivity contribution in [1.29, 1.82) is 0 Å². The molecule has 0 bridgehead atoms. The van der Waals surface area contributed by atoms with Gasteiger partial charge in [0.05, 0.1) is 12.1 Å². The zero-order valence-corrected chi connectivity index (χ0v) is 12.1. The van der Waals surface area contributed by atoms with E-state index >= 15 is 0 Å². The number of Topliss-reactive ketones (excluding diaryl/α,β-unsaturated/α-hetero) is 1. The number of amides is 1. The molecule has 1 amide bonds. The van der Waals surface area contributed by atoms with Gasteiger partial charge in [-0.2, -0.15) is 12.6 Å². The smallest absolute Gasteiger partial charge is 0.233 e. The van der Waals surface area contributed by atoms with Crippen LogP contribution < -0.4 is 5.32 Å². The van der Waals surface area contributed by atoms with Crippen LogP contribution in [0.2, 0.25) is 0 Å². The molecule has 2 N–H and O–H groups in total. The van der Waals surface area contributed by atoms with Gasteiger partial charge in [-0.1, -0.05) is 20.3 Å². The number of hydrogen-bond donors (Lipinski definition) is 3. The average molecular weight is 273 g/mol. The van der Waals surface area contributed by atoms with Crippen LogP contribution in [0, 0.1) is 11.8 Å². The van der Waals surface area contributed by atoms with E-state index in [0.29, 0.717) is 17.6 Å². The van der Waals surface area contributed by atoms with Crippen molar-refractivity contribution in [3.8, 4) is 0 Å². The molecule has 18 heavy (non-hydrogen) atoms. The Balaban J connectivity index is 2.41. The molecule has 1 heterocycles. The fourth-order valence-electron chi connectivity index (χ4n) is 2.29. The Labute approximate surface area is 114 Å². The highest BCUT2D eigenvalue weighted by Crippen LogP contribution is 2.23. The van der Waals surface area contributed by atoms with Crippen molar-refractivity contribution in [2.75, 3.05) is 0 Å². The topological polar surface area (TPSA) is 66.4 Å². The van der Waals surface area contributed by atoms with Crippen LogP contribution in [0.1, 0.15) is 40.0 Å². The molecule has 5 heteroatoms. The van der Waals surface area contributed by atoms with Crippen molar-refractivity contribution in [2.45, 2.75) is 57.4 Å². The lowest BCUT2D eigenvalue weighted by molar-refractivity contribution is -0.132. The van der Waals surface area contributed by atoms with Gasteiger partial charge in [0.1, 0.15) is 11.7 Å². The molecule has 0 aromatic carbocycles. The monoisotopic (exact) mass is 273 g/mol. The van der Waals surface area contributed by atoms with Crippen molar-refractivity contribution < 1.29 is 14.7 Å². The first-order valence-electron chi connectivity index (χ1n) is 6.51. The molecule has 1 fully saturated rings. The summed E-state index contributed by atoms with van der Waals surface area (Å²) in [6.07, 6.45) is 1.65. The first-order chi connectivity index (χ1) is 8.34. The van der Waals surface area contributed by atoms with Crippen LogP contribution in [-0.4, -0.2) is 34.2 Å². The minimum Gasteiger partial charge on any atom is -0.390 e. The first kappa shape index (κ1) is 15.5. The van der Waals surface area contributed by atoms with Crippen molar-refractivity contribution in [1.82, 2.24) is 5.32 Å².